The van der Waals surface area contributed by atoms with Crippen LogP contribution < -0.4 is 10.8 Å². The first kappa shape index (κ1) is 19.0. The number of nitrogens with zero attached hydrogens (tertiary/aromatic N) is 1. The van der Waals surface area contributed by atoms with E-state index in [2.05, 4.69) is 10.2 Å². The molecule has 5 nitrogen and oxygen atoms in total. The summed E-state index contributed by atoms with van der Waals surface area (Å²) in [6, 6.07) is 7.44. The molecule has 6 heteroatoms. The topological polar surface area (TPSA) is 50.8 Å². The van der Waals surface area contributed by atoms with Crippen LogP contribution in [0.25, 0.3) is 0 Å². The minimum atomic E-state index is -0.396. The number of amides is 1. The Morgan fingerprint density at radius 1 is 1.08 bits per heavy atom. The first-order chi connectivity index (χ1) is 11.1. The molecule has 1 heterocycles. The van der Waals surface area contributed by atoms with Crippen molar-refractivity contribution in [2.75, 3.05) is 27.2 Å². The van der Waals surface area contributed by atoms with Crippen LogP contribution in [-0.4, -0.2) is 56.3 Å². The molecule has 1 fully saturated rings. The van der Waals surface area contributed by atoms with Crippen molar-refractivity contribution in [3.8, 4) is 0 Å². The Hall–Kier alpha value is -1.37. The van der Waals surface area contributed by atoms with E-state index in [9.17, 15) is 4.79 Å². The van der Waals surface area contributed by atoms with Gasteiger partial charge in [-0.1, -0.05) is 12.1 Å². The zero-order chi connectivity index (χ0) is 18.0. The fraction of sp³-hybridized carbons (Fsp3) is 0.611. The van der Waals surface area contributed by atoms with Crippen LogP contribution in [0.1, 0.15) is 44.5 Å². The zero-order valence-corrected chi connectivity index (χ0v) is 15.7. The molecule has 132 valence electrons. The monoisotopic (exact) mass is 332 g/mol. The van der Waals surface area contributed by atoms with Crippen molar-refractivity contribution >= 4 is 18.5 Å². The molecule has 0 saturated carbocycles. The van der Waals surface area contributed by atoms with E-state index in [0.29, 0.717) is 12.1 Å². The molecule has 1 aliphatic heterocycles. The summed E-state index contributed by atoms with van der Waals surface area (Å²) < 4.78 is 12.0. The number of hydrogen-bond acceptors (Lipinski definition) is 4. The Labute approximate surface area is 145 Å². The second-order valence-electron chi connectivity index (χ2n) is 7.62. The summed E-state index contributed by atoms with van der Waals surface area (Å²) in [5.74, 6) is -0.0470. The molecule has 0 unspecified atom stereocenters. The van der Waals surface area contributed by atoms with Gasteiger partial charge in [0.05, 0.1) is 11.2 Å². The lowest BCUT2D eigenvalue weighted by atomic mass is 9.79. The number of rotatable bonds is 6. The lowest BCUT2D eigenvalue weighted by Crippen LogP contribution is -2.41. The summed E-state index contributed by atoms with van der Waals surface area (Å²) >= 11 is 0. The van der Waals surface area contributed by atoms with E-state index in [1.54, 1.807) is 0 Å². The summed E-state index contributed by atoms with van der Waals surface area (Å²) in [7, 11) is 3.65. The maximum absolute atomic E-state index is 12.1. The Bertz CT molecular complexity index is 554. The molecule has 1 amide bonds. The normalized spacial score (nSPS) is 18.9. The van der Waals surface area contributed by atoms with Gasteiger partial charge >= 0.3 is 7.12 Å². The quantitative estimate of drug-likeness (QED) is 0.636. The summed E-state index contributed by atoms with van der Waals surface area (Å²) in [6.45, 7) is 9.76. The summed E-state index contributed by atoms with van der Waals surface area (Å²) in [5, 5.41) is 2.94. The molecule has 1 aromatic rings. The smallest absolute Gasteiger partial charge is 0.399 e. The third kappa shape index (κ3) is 4.38. The highest BCUT2D eigenvalue weighted by atomic mass is 16.7. The van der Waals surface area contributed by atoms with Gasteiger partial charge in [-0.15, -0.1) is 0 Å². The molecule has 0 radical (unpaired) electrons. The maximum atomic E-state index is 12.1. The SMILES string of the molecule is CN(C)CCCNC(=O)c1ccc(B2OC(C)(C)C(C)(C)O2)cc1. The average Bonchev–Trinajstić information content (AvgIpc) is 2.72. The first-order valence-electron chi connectivity index (χ1n) is 8.51. The van der Waals surface area contributed by atoms with Gasteiger partial charge in [0.1, 0.15) is 0 Å². The minimum Gasteiger partial charge on any atom is -0.399 e. The highest BCUT2D eigenvalue weighted by molar-refractivity contribution is 6.62. The van der Waals surface area contributed by atoms with E-state index in [4.69, 9.17) is 9.31 Å². The summed E-state index contributed by atoms with van der Waals surface area (Å²) in [5.41, 5.74) is 0.859. The molecular formula is C18H29BN2O3. The fourth-order valence-electron chi connectivity index (χ4n) is 2.47. The van der Waals surface area contributed by atoms with Gasteiger partial charge in [-0.05, 0) is 72.4 Å². The van der Waals surface area contributed by atoms with Crippen LogP contribution in [0.5, 0.6) is 0 Å². The van der Waals surface area contributed by atoms with E-state index in [1.807, 2.05) is 66.1 Å². The van der Waals surface area contributed by atoms with Crippen LogP contribution in [0.4, 0.5) is 0 Å². The highest BCUT2D eigenvalue weighted by Gasteiger charge is 2.51. The standard InChI is InChI=1S/C18H29BN2O3/c1-17(2)18(3,4)24-19(23-17)15-10-8-14(9-11-15)16(22)20-12-7-13-21(5)6/h8-11H,7,12-13H2,1-6H3,(H,20,22). The second-order valence-corrected chi connectivity index (χ2v) is 7.62. The molecule has 0 aromatic heterocycles. The van der Waals surface area contributed by atoms with Crippen molar-refractivity contribution in [2.45, 2.75) is 45.3 Å². The zero-order valence-electron chi connectivity index (χ0n) is 15.7. The molecule has 0 aliphatic carbocycles. The largest absolute Gasteiger partial charge is 0.494 e. The van der Waals surface area contributed by atoms with Crippen molar-refractivity contribution in [2.24, 2.45) is 0 Å². The number of benzene rings is 1. The van der Waals surface area contributed by atoms with Gasteiger partial charge in [0.15, 0.2) is 0 Å². The lowest BCUT2D eigenvalue weighted by Gasteiger charge is -2.32. The minimum absolute atomic E-state index is 0.0470. The van der Waals surface area contributed by atoms with Crippen LogP contribution in [0.3, 0.4) is 0 Å². The van der Waals surface area contributed by atoms with Crippen molar-refractivity contribution < 1.29 is 14.1 Å². The van der Waals surface area contributed by atoms with Crippen molar-refractivity contribution in [1.29, 1.82) is 0 Å². The molecule has 2 rings (SSSR count). The predicted octanol–water partition coefficient (Wildman–Crippen LogP) is 1.67. The molecule has 1 saturated heterocycles. The average molecular weight is 332 g/mol. The van der Waals surface area contributed by atoms with E-state index in [1.165, 1.54) is 0 Å². The van der Waals surface area contributed by atoms with Crippen molar-refractivity contribution in [3.05, 3.63) is 29.8 Å². The maximum Gasteiger partial charge on any atom is 0.494 e. The van der Waals surface area contributed by atoms with E-state index in [0.717, 1.165) is 18.4 Å². The van der Waals surface area contributed by atoms with E-state index < -0.39 is 7.12 Å². The molecule has 0 bridgehead atoms. The van der Waals surface area contributed by atoms with Gasteiger partial charge in [-0.2, -0.15) is 0 Å². The number of hydrogen-bond donors (Lipinski definition) is 1. The molecule has 0 atom stereocenters. The molecular weight excluding hydrogens is 303 g/mol. The third-order valence-electron chi connectivity index (χ3n) is 4.77. The van der Waals surface area contributed by atoms with E-state index in [-0.39, 0.29) is 17.1 Å². The molecule has 1 N–H and O–H groups in total. The Balaban J connectivity index is 1.93. The number of carbonyl (C=O) groups excluding carboxylic acids is 1. The number of carbonyl (C=O) groups is 1. The van der Waals surface area contributed by atoms with Crippen LogP contribution >= 0.6 is 0 Å². The van der Waals surface area contributed by atoms with Crippen LogP contribution in [-0.2, 0) is 9.31 Å². The fourth-order valence-corrected chi connectivity index (χ4v) is 2.47. The predicted molar refractivity (Wildman–Crippen MR) is 97.7 cm³/mol. The first-order valence-corrected chi connectivity index (χ1v) is 8.51. The number of nitrogens with one attached hydrogen (secondary N) is 1. The molecule has 1 aromatic carbocycles. The van der Waals surface area contributed by atoms with Gasteiger partial charge in [-0.25, -0.2) is 0 Å². The van der Waals surface area contributed by atoms with E-state index >= 15 is 0 Å². The Morgan fingerprint density at radius 3 is 2.12 bits per heavy atom. The van der Waals surface area contributed by atoms with Crippen molar-refractivity contribution in [1.82, 2.24) is 10.2 Å². The Kier molecular flexibility index (Phi) is 5.73. The second kappa shape index (κ2) is 7.25. The van der Waals surface area contributed by atoms with Gasteiger partial charge in [-0.3, -0.25) is 4.79 Å². The molecule has 0 spiro atoms. The Morgan fingerprint density at radius 2 is 1.62 bits per heavy atom. The summed E-state index contributed by atoms with van der Waals surface area (Å²) in [6.07, 6.45) is 0.935. The van der Waals surface area contributed by atoms with Gasteiger partial charge < -0.3 is 19.5 Å². The van der Waals surface area contributed by atoms with Crippen LogP contribution in [0.2, 0.25) is 0 Å². The van der Waals surface area contributed by atoms with Gasteiger partial charge in [0, 0.05) is 12.1 Å². The molecule has 1 aliphatic rings. The van der Waals surface area contributed by atoms with Crippen LogP contribution in [0.15, 0.2) is 24.3 Å². The van der Waals surface area contributed by atoms with Crippen molar-refractivity contribution in [3.63, 3.8) is 0 Å². The van der Waals surface area contributed by atoms with Crippen LogP contribution in [0, 0.1) is 0 Å². The molecule has 24 heavy (non-hydrogen) atoms. The van der Waals surface area contributed by atoms with Gasteiger partial charge in [0.25, 0.3) is 5.91 Å². The highest BCUT2D eigenvalue weighted by Crippen LogP contribution is 2.36. The van der Waals surface area contributed by atoms with Gasteiger partial charge in [0.2, 0.25) is 0 Å². The lowest BCUT2D eigenvalue weighted by molar-refractivity contribution is 0.00578. The summed E-state index contributed by atoms with van der Waals surface area (Å²) in [4.78, 5) is 14.2. The third-order valence-corrected chi connectivity index (χ3v) is 4.77.